The van der Waals surface area contributed by atoms with E-state index in [-0.39, 0.29) is 0 Å². The first-order chi connectivity index (χ1) is 8.79. The molecule has 0 atom stereocenters. The van der Waals surface area contributed by atoms with Crippen LogP contribution >= 0.6 is 11.8 Å². The molecule has 0 saturated carbocycles. The smallest absolute Gasteiger partial charge is 0.187 e. The molecule has 1 aromatic carbocycles. The molecule has 0 aliphatic rings. The van der Waals surface area contributed by atoms with Crippen LogP contribution in [0, 0.1) is 6.92 Å². The number of fused-ring (bicyclic) bond motifs is 1. The molecular weight excluding hydrogens is 246 g/mol. The predicted molar refractivity (Wildman–Crippen MR) is 71.0 cm³/mol. The van der Waals surface area contributed by atoms with Gasteiger partial charge in [-0.2, -0.15) is 4.68 Å². The van der Waals surface area contributed by atoms with Gasteiger partial charge in [-0.15, -0.1) is 16.9 Å². The quantitative estimate of drug-likeness (QED) is 0.520. The summed E-state index contributed by atoms with van der Waals surface area (Å²) >= 11 is 1.54. The third kappa shape index (κ3) is 1.74. The molecule has 0 aliphatic carbocycles. The van der Waals surface area contributed by atoms with Gasteiger partial charge in [-0.1, -0.05) is 22.9 Å². The number of thioether (sulfide) groups is 1. The molecule has 0 aliphatic heterocycles. The minimum absolute atomic E-state index is 0.734. The van der Waals surface area contributed by atoms with Crippen molar-refractivity contribution in [2.24, 2.45) is 0 Å². The Bertz CT molecular complexity index is 689. The summed E-state index contributed by atoms with van der Waals surface area (Å²) in [5.74, 6) is 0. The highest BCUT2D eigenvalue weighted by Gasteiger charge is 2.11. The van der Waals surface area contributed by atoms with E-state index in [0.717, 1.165) is 21.9 Å². The van der Waals surface area contributed by atoms with Gasteiger partial charge in [0, 0.05) is 0 Å². The van der Waals surface area contributed by atoms with E-state index in [1.54, 1.807) is 22.8 Å². The fourth-order valence-corrected chi connectivity index (χ4v) is 2.22. The van der Waals surface area contributed by atoms with Crippen LogP contribution in [0.25, 0.3) is 16.9 Å². The minimum atomic E-state index is 0.734. The second kappa shape index (κ2) is 4.38. The second-order valence-corrected chi connectivity index (χ2v) is 4.69. The first-order valence-corrected chi connectivity index (χ1v) is 6.69. The number of hydrogen-bond acceptors (Lipinski definition) is 5. The molecule has 90 valence electrons. The maximum absolute atomic E-state index is 4.26. The van der Waals surface area contributed by atoms with Crippen LogP contribution in [0.1, 0.15) is 5.56 Å². The molecule has 3 aromatic rings. The molecule has 6 heteroatoms. The standard InChI is InChI=1S/C12H11N5S/c1-8-3-5-9(6-4-8)17-11-10(15-16-17)12(18-2)14-7-13-11/h3-7H,1-2H3. The lowest BCUT2D eigenvalue weighted by molar-refractivity contribution is 0.816. The third-order valence-electron chi connectivity index (χ3n) is 2.68. The van der Waals surface area contributed by atoms with E-state index in [9.17, 15) is 0 Å². The van der Waals surface area contributed by atoms with E-state index in [0.29, 0.717) is 0 Å². The van der Waals surface area contributed by atoms with Crippen molar-refractivity contribution in [1.82, 2.24) is 25.0 Å². The van der Waals surface area contributed by atoms with Crippen LogP contribution in [0.2, 0.25) is 0 Å². The zero-order chi connectivity index (χ0) is 12.5. The van der Waals surface area contributed by atoms with Crippen LogP contribution in [0.4, 0.5) is 0 Å². The highest BCUT2D eigenvalue weighted by molar-refractivity contribution is 7.98. The van der Waals surface area contributed by atoms with E-state index < -0.39 is 0 Å². The Hall–Kier alpha value is -1.95. The van der Waals surface area contributed by atoms with Crippen molar-refractivity contribution in [1.29, 1.82) is 0 Å². The number of hydrogen-bond donors (Lipinski definition) is 0. The number of rotatable bonds is 2. The molecule has 0 saturated heterocycles. The van der Waals surface area contributed by atoms with Gasteiger partial charge in [0.15, 0.2) is 11.2 Å². The van der Waals surface area contributed by atoms with E-state index in [1.807, 2.05) is 30.5 Å². The van der Waals surface area contributed by atoms with Crippen molar-refractivity contribution in [2.45, 2.75) is 11.9 Å². The molecule has 5 nitrogen and oxygen atoms in total. The monoisotopic (exact) mass is 257 g/mol. The molecule has 0 bridgehead atoms. The van der Waals surface area contributed by atoms with E-state index >= 15 is 0 Å². The largest absolute Gasteiger partial charge is 0.227 e. The normalized spacial score (nSPS) is 11.0. The Kier molecular flexibility index (Phi) is 2.71. The van der Waals surface area contributed by atoms with Gasteiger partial charge in [-0.3, -0.25) is 0 Å². The Morgan fingerprint density at radius 2 is 1.89 bits per heavy atom. The summed E-state index contributed by atoms with van der Waals surface area (Å²) in [6, 6.07) is 8.09. The van der Waals surface area contributed by atoms with Crippen LogP contribution in [0.3, 0.4) is 0 Å². The number of nitrogens with zero attached hydrogens (tertiary/aromatic N) is 5. The van der Waals surface area contributed by atoms with Gasteiger partial charge >= 0.3 is 0 Å². The van der Waals surface area contributed by atoms with E-state index in [2.05, 4.69) is 27.2 Å². The maximum Gasteiger partial charge on any atom is 0.187 e. The van der Waals surface area contributed by atoms with Crippen LogP contribution in [0.5, 0.6) is 0 Å². The summed E-state index contributed by atoms with van der Waals surface area (Å²) in [5, 5.41) is 9.16. The van der Waals surface area contributed by atoms with Gasteiger partial charge in [0.05, 0.1) is 5.69 Å². The van der Waals surface area contributed by atoms with Gasteiger partial charge in [0.1, 0.15) is 11.4 Å². The maximum atomic E-state index is 4.26. The summed E-state index contributed by atoms with van der Waals surface area (Å²) in [7, 11) is 0. The second-order valence-electron chi connectivity index (χ2n) is 3.89. The molecule has 0 unspecified atom stereocenters. The van der Waals surface area contributed by atoms with Crippen LogP contribution in [-0.4, -0.2) is 31.2 Å². The summed E-state index contributed by atoms with van der Waals surface area (Å²) in [4.78, 5) is 8.44. The van der Waals surface area contributed by atoms with E-state index in [4.69, 9.17) is 0 Å². The average Bonchev–Trinajstić information content (AvgIpc) is 2.83. The fraction of sp³-hybridized carbons (Fsp3) is 0.167. The first kappa shape index (κ1) is 11.2. The lowest BCUT2D eigenvalue weighted by Crippen LogP contribution is -1.98. The molecular formula is C12H11N5S. The van der Waals surface area contributed by atoms with Crippen molar-refractivity contribution in [3.63, 3.8) is 0 Å². The van der Waals surface area contributed by atoms with Crippen LogP contribution < -0.4 is 0 Å². The molecule has 3 rings (SSSR count). The fourth-order valence-electron chi connectivity index (χ4n) is 1.74. The summed E-state index contributed by atoms with van der Waals surface area (Å²) in [5.41, 5.74) is 3.64. The van der Waals surface area contributed by atoms with Gasteiger partial charge in [0.25, 0.3) is 0 Å². The molecule has 0 fully saturated rings. The zero-order valence-electron chi connectivity index (χ0n) is 10.0. The van der Waals surface area contributed by atoms with Crippen LogP contribution in [0.15, 0.2) is 35.6 Å². The van der Waals surface area contributed by atoms with Crippen molar-refractivity contribution >= 4 is 22.9 Å². The van der Waals surface area contributed by atoms with Gasteiger partial charge < -0.3 is 0 Å². The van der Waals surface area contributed by atoms with Crippen molar-refractivity contribution < 1.29 is 0 Å². The summed E-state index contributed by atoms with van der Waals surface area (Å²) in [6.45, 7) is 2.05. The highest BCUT2D eigenvalue weighted by Crippen LogP contribution is 2.21. The van der Waals surface area contributed by atoms with Crippen LogP contribution in [-0.2, 0) is 0 Å². The zero-order valence-corrected chi connectivity index (χ0v) is 10.8. The highest BCUT2D eigenvalue weighted by atomic mass is 32.2. The SMILES string of the molecule is CSc1ncnc2c1nnn2-c1ccc(C)cc1. The Labute approximate surface area is 108 Å². The van der Waals surface area contributed by atoms with Gasteiger partial charge in [0.2, 0.25) is 0 Å². The summed E-state index contributed by atoms with van der Waals surface area (Å²) in [6.07, 6.45) is 3.51. The Morgan fingerprint density at radius 1 is 1.11 bits per heavy atom. The molecule has 18 heavy (non-hydrogen) atoms. The average molecular weight is 257 g/mol. The summed E-state index contributed by atoms with van der Waals surface area (Å²) < 4.78 is 1.73. The van der Waals surface area contributed by atoms with E-state index in [1.165, 1.54) is 5.56 Å². The number of benzene rings is 1. The van der Waals surface area contributed by atoms with Crippen molar-refractivity contribution in [2.75, 3.05) is 6.26 Å². The Morgan fingerprint density at radius 3 is 2.61 bits per heavy atom. The van der Waals surface area contributed by atoms with Crippen molar-refractivity contribution in [3.8, 4) is 5.69 Å². The third-order valence-corrected chi connectivity index (χ3v) is 3.36. The lowest BCUT2D eigenvalue weighted by atomic mass is 10.2. The Balaban J connectivity index is 2.21. The minimum Gasteiger partial charge on any atom is -0.227 e. The lowest BCUT2D eigenvalue weighted by Gasteiger charge is -2.01. The molecule has 2 aromatic heterocycles. The topological polar surface area (TPSA) is 56.5 Å². The molecule has 0 radical (unpaired) electrons. The van der Waals surface area contributed by atoms with Gasteiger partial charge in [-0.05, 0) is 25.3 Å². The molecule has 0 N–H and O–H groups in total. The molecule has 0 amide bonds. The van der Waals surface area contributed by atoms with Crippen molar-refractivity contribution in [3.05, 3.63) is 36.2 Å². The predicted octanol–water partition coefficient (Wildman–Crippen LogP) is 2.24. The molecule has 0 spiro atoms. The molecule has 2 heterocycles. The first-order valence-electron chi connectivity index (χ1n) is 5.47. The van der Waals surface area contributed by atoms with Gasteiger partial charge in [-0.25, -0.2) is 9.97 Å². The number of aryl methyl sites for hydroxylation is 1. The number of aromatic nitrogens is 5.